The summed E-state index contributed by atoms with van der Waals surface area (Å²) >= 11 is 0. The first-order valence-corrected chi connectivity index (χ1v) is 11.6. The van der Waals surface area contributed by atoms with E-state index in [1.54, 1.807) is 25.2 Å². The van der Waals surface area contributed by atoms with Gasteiger partial charge in [-0.3, -0.25) is 4.79 Å². The van der Waals surface area contributed by atoms with Crippen molar-refractivity contribution in [1.29, 1.82) is 0 Å². The molecule has 190 valence electrons. The van der Waals surface area contributed by atoms with Crippen molar-refractivity contribution < 1.29 is 22.4 Å². The van der Waals surface area contributed by atoms with Crippen LogP contribution in [0, 0.1) is 11.7 Å². The van der Waals surface area contributed by atoms with E-state index in [0.717, 1.165) is 18.9 Å². The Labute approximate surface area is 205 Å². The van der Waals surface area contributed by atoms with Crippen LogP contribution in [0.3, 0.4) is 0 Å². The van der Waals surface area contributed by atoms with Crippen molar-refractivity contribution in [2.24, 2.45) is 5.92 Å². The van der Waals surface area contributed by atoms with Gasteiger partial charge in [-0.25, -0.2) is 4.39 Å². The molecule has 2 atom stereocenters. The highest BCUT2D eigenvalue weighted by molar-refractivity contribution is 5.78. The van der Waals surface area contributed by atoms with Crippen LogP contribution in [-0.2, 0) is 17.5 Å². The minimum atomic E-state index is -4.49. The summed E-state index contributed by atoms with van der Waals surface area (Å²) in [5.74, 6) is -0.443. The molecule has 11 heteroatoms. The Morgan fingerprint density at radius 1 is 1.00 bits per heavy atom. The molecule has 1 aliphatic carbocycles. The monoisotopic (exact) mass is 502 g/mol. The maximum Gasteiger partial charge on any atom is 0.416 e. The van der Waals surface area contributed by atoms with E-state index in [1.807, 2.05) is 0 Å². The molecule has 36 heavy (non-hydrogen) atoms. The number of carbonyl (C=O) groups excluding carboxylic acids is 1. The molecule has 0 saturated heterocycles. The smallest absolute Gasteiger partial charge is 0.357 e. The van der Waals surface area contributed by atoms with Crippen LogP contribution in [0.1, 0.15) is 36.8 Å². The largest absolute Gasteiger partial charge is 0.416 e. The lowest BCUT2D eigenvalue weighted by Gasteiger charge is -2.29. The standard InChI is InChI=1S/C25H26F4N6O/c1-30-23-33-21(18-10-3-5-12-20(18)26)34-24(35-23)32-17-9-6-8-15(13-17)22(36)31-14-16-7-2-4-11-19(16)25(27,28)29/h2-5,7,10-12,15,17H,6,8-9,13-14H2,1H3,(H,31,36)(H2,30,32,33,34,35)/t15-,17+/m1/s1. The lowest BCUT2D eigenvalue weighted by molar-refractivity contribution is -0.138. The van der Waals surface area contributed by atoms with E-state index in [9.17, 15) is 22.4 Å². The molecule has 1 aromatic heterocycles. The molecule has 1 amide bonds. The number of rotatable bonds is 7. The Kier molecular flexibility index (Phi) is 7.66. The van der Waals surface area contributed by atoms with Crippen LogP contribution in [0.4, 0.5) is 29.5 Å². The van der Waals surface area contributed by atoms with E-state index < -0.39 is 17.6 Å². The molecule has 0 radical (unpaired) electrons. The van der Waals surface area contributed by atoms with Crippen molar-refractivity contribution in [2.45, 2.75) is 44.4 Å². The van der Waals surface area contributed by atoms with E-state index in [-0.39, 0.29) is 53.3 Å². The molecule has 0 spiro atoms. The van der Waals surface area contributed by atoms with E-state index in [1.165, 1.54) is 24.3 Å². The number of benzene rings is 2. The van der Waals surface area contributed by atoms with E-state index in [0.29, 0.717) is 12.8 Å². The third-order valence-electron chi connectivity index (χ3n) is 6.13. The minimum Gasteiger partial charge on any atom is -0.357 e. The van der Waals surface area contributed by atoms with Gasteiger partial charge < -0.3 is 16.0 Å². The highest BCUT2D eigenvalue weighted by Gasteiger charge is 2.33. The molecular weight excluding hydrogens is 476 g/mol. The van der Waals surface area contributed by atoms with Crippen LogP contribution in [0.5, 0.6) is 0 Å². The van der Waals surface area contributed by atoms with Gasteiger partial charge in [0.25, 0.3) is 0 Å². The molecule has 4 rings (SSSR count). The Hall–Kier alpha value is -3.76. The third-order valence-corrected chi connectivity index (χ3v) is 6.13. The van der Waals surface area contributed by atoms with Gasteiger partial charge >= 0.3 is 6.18 Å². The SMILES string of the molecule is CNc1nc(N[C@H]2CCC[C@@H](C(=O)NCc3ccccc3C(F)(F)F)C2)nc(-c2ccccc2F)n1. The maximum absolute atomic E-state index is 14.3. The van der Waals surface area contributed by atoms with E-state index in [2.05, 4.69) is 30.9 Å². The summed E-state index contributed by atoms with van der Waals surface area (Å²) < 4.78 is 54.0. The summed E-state index contributed by atoms with van der Waals surface area (Å²) in [6.07, 6.45) is -1.89. The fourth-order valence-corrected chi connectivity index (χ4v) is 4.33. The lowest BCUT2D eigenvalue weighted by atomic mass is 9.85. The molecule has 7 nitrogen and oxygen atoms in total. The van der Waals surface area contributed by atoms with Gasteiger partial charge in [0.05, 0.1) is 11.1 Å². The maximum atomic E-state index is 14.3. The predicted molar refractivity (Wildman–Crippen MR) is 127 cm³/mol. The van der Waals surface area contributed by atoms with Gasteiger partial charge in [0.1, 0.15) is 5.82 Å². The number of hydrogen-bond donors (Lipinski definition) is 3. The molecule has 1 aliphatic rings. The zero-order valence-corrected chi connectivity index (χ0v) is 19.6. The number of nitrogens with one attached hydrogen (secondary N) is 3. The first-order valence-electron chi connectivity index (χ1n) is 11.6. The second kappa shape index (κ2) is 10.9. The highest BCUT2D eigenvalue weighted by atomic mass is 19.4. The number of hydrogen-bond acceptors (Lipinski definition) is 6. The summed E-state index contributed by atoms with van der Waals surface area (Å²) in [6, 6.07) is 11.2. The van der Waals surface area contributed by atoms with Crippen molar-refractivity contribution in [3.8, 4) is 11.4 Å². The number of carbonyl (C=O) groups is 1. The van der Waals surface area contributed by atoms with Gasteiger partial charge in [0.2, 0.25) is 17.8 Å². The normalized spacial score (nSPS) is 17.9. The molecular formula is C25H26F4N6O. The Morgan fingerprint density at radius 3 is 2.47 bits per heavy atom. The zero-order chi connectivity index (χ0) is 25.7. The quantitative estimate of drug-likeness (QED) is 0.393. The van der Waals surface area contributed by atoms with Gasteiger partial charge in [0, 0.05) is 25.6 Å². The number of alkyl halides is 3. The summed E-state index contributed by atoms with van der Waals surface area (Å²) in [5.41, 5.74) is -0.497. The second-order valence-corrected chi connectivity index (χ2v) is 8.61. The van der Waals surface area contributed by atoms with Crippen LogP contribution in [0.15, 0.2) is 48.5 Å². The Bertz CT molecular complexity index is 1220. The topological polar surface area (TPSA) is 91.8 Å². The third kappa shape index (κ3) is 6.07. The van der Waals surface area contributed by atoms with Crippen molar-refractivity contribution in [1.82, 2.24) is 20.3 Å². The number of nitrogens with zero attached hydrogens (tertiary/aromatic N) is 3. The molecule has 0 unspecified atom stereocenters. The fourth-order valence-electron chi connectivity index (χ4n) is 4.33. The summed E-state index contributed by atoms with van der Waals surface area (Å²) in [4.78, 5) is 25.7. The molecule has 0 aliphatic heterocycles. The Morgan fingerprint density at radius 2 is 1.72 bits per heavy atom. The molecule has 2 aromatic carbocycles. The number of halogens is 4. The van der Waals surface area contributed by atoms with Crippen LogP contribution >= 0.6 is 0 Å². The molecule has 3 N–H and O–H groups in total. The van der Waals surface area contributed by atoms with Crippen LogP contribution < -0.4 is 16.0 Å². The Balaban J connectivity index is 1.42. The zero-order valence-electron chi connectivity index (χ0n) is 19.6. The van der Waals surface area contributed by atoms with Crippen LogP contribution in [0.25, 0.3) is 11.4 Å². The summed E-state index contributed by atoms with van der Waals surface area (Å²) in [6.45, 7) is -0.200. The number of aromatic nitrogens is 3. The average Bonchev–Trinajstić information content (AvgIpc) is 2.87. The summed E-state index contributed by atoms with van der Waals surface area (Å²) in [7, 11) is 1.64. The molecule has 1 heterocycles. The summed E-state index contributed by atoms with van der Waals surface area (Å²) in [5, 5.41) is 8.72. The molecule has 1 fully saturated rings. The van der Waals surface area contributed by atoms with Gasteiger partial charge in [0.15, 0.2) is 5.82 Å². The van der Waals surface area contributed by atoms with Crippen molar-refractivity contribution >= 4 is 17.8 Å². The molecule has 3 aromatic rings. The predicted octanol–water partition coefficient (Wildman–Crippen LogP) is 5.03. The van der Waals surface area contributed by atoms with E-state index in [4.69, 9.17) is 0 Å². The van der Waals surface area contributed by atoms with E-state index >= 15 is 0 Å². The second-order valence-electron chi connectivity index (χ2n) is 8.61. The molecule has 1 saturated carbocycles. The fraction of sp³-hybridized carbons (Fsp3) is 0.360. The van der Waals surface area contributed by atoms with Crippen LogP contribution in [0.2, 0.25) is 0 Å². The van der Waals surface area contributed by atoms with Crippen molar-refractivity contribution in [3.05, 3.63) is 65.5 Å². The van der Waals surface area contributed by atoms with Crippen molar-refractivity contribution in [2.75, 3.05) is 17.7 Å². The lowest BCUT2D eigenvalue weighted by Crippen LogP contribution is -2.37. The average molecular weight is 503 g/mol. The number of amides is 1. The van der Waals surface area contributed by atoms with Gasteiger partial charge in [-0.2, -0.15) is 28.1 Å². The molecule has 0 bridgehead atoms. The van der Waals surface area contributed by atoms with Gasteiger partial charge in [-0.1, -0.05) is 36.8 Å². The first kappa shape index (κ1) is 25.3. The number of anilines is 2. The first-order chi connectivity index (χ1) is 17.2. The van der Waals surface area contributed by atoms with Crippen molar-refractivity contribution in [3.63, 3.8) is 0 Å². The van der Waals surface area contributed by atoms with Crippen LogP contribution in [-0.4, -0.2) is 33.9 Å². The van der Waals surface area contributed by atoms with Gasteiger partial charge in [-0.05, 0) is 43.0 Å². The highest BCUT2D eigenvalue weighted by Crippen LogP contribution is 2.32. The minimum absolute atomic E-state index is 0.0225. The van der Waals surface area contributed by atoms with Gasteiger partial charge in [-0.15, -0.1) is 0 Å².